The van der Waals surface area contributed by atoms with Gasteiger partial charge in [0.15, 0.2) is 6.10 Å². The summed E-state index contributed by atoms with van der Waals surface area (Å²) in [5.41, 5.74) is 0. The van der Waals surface area contributed by atoms with Gasteiger partial charge in [-0.15, -0.1) is 0 Å². The van der Waals surface area contributed by atoms with Gasteiger partial charge in [0.25, 0.3) is 5.91 Å². The molecule has 27 heavy (non-hydrogen) atoms. The highest BCUT2D eigenvalue weighted by Crippen LogP contribution is 2.21. The summed E-state index contributed by atoms with van der Waals surface area (Å²) in [7, 11) is -2.56. The quantitative estimate of drug-likeness (QED) is 0.693. The first-order valence-corrected chi connectivity index (χ1v) is 10.1. The van der Waals surface area contributed by atoms with E-state index in [4.69, 9.17) is 4.74 Å². The Morgan fingerprint density at radius 1 is 1.15 bits per heavy atom. The highest BCUT2D eigenvalue weighted by Gasteiger charge is 2.25. The molecule has 7 nitrogen and oxygen atoms in total. The number of nitrogens with one attached hydrogen (secondary N) is 1. The van der Waals surface area contributed by atoms with E-state index in [-0.39, 0.29) is 4.90 Å². The summed E-state index contributed by atoms with van der Waals surface area (Å²) in [6.07, 6.45) is -0.222. The Bertz CT molecular complexity index is 927. The van der Waals surface area contributed by atoms with Crippen LogP contribution in [0.2, 0.25) is 0 Å². The third-order valence-corrected chi connectivity index (χ3v) is 5.81. The second kappa shape index (κ2) is 8.96. The van der Waals surface area contributed by atoms with Gasteiger partial charge in [-0.3, -0.25) is 9.59 Å². The summed E-state index contributed by atoms with van der Waals surface area (Å²) in [5, 5.41) is 4.33. The van der Waals surface area contributed by atoms with E-state index in [2.05, 4.69) is 5.32 Å². The fourth-order valence-corrected chi connectivity index (χ4v) is 3.61. The van der Waals surface area contributed by atoms with E-state index in [0.717, 1.165) is 21.5 Å². The predicted molar refractivity (Wildman–Crippen MR) is 103 cm³/mol. The standard InChI is InChI=1S/C19H24N2O5S/c1-4-11-20-19(23)14(2)26-18(22)13-21(3)27(24,25)17-10-9-15-7-5-6-8-16(15)12-17/h5-10,12,14H,4,11,13H2,1-3H3,(H,20,23)/t14-/m1/s1. The van der Waals surface area contributed by atoms with Crippen molar-refractivity contribution in [2.24, 2.45) is 0 Å². The van der Waals surface area contributed by atoms with Crippen molar-refractivity contribution in [2.75, 3.05) is 20.1 Å². The van der Waals surface area contributed by atoms with Gasteiger partial charge >= 0.3 is 5.97 Å². The maximum atomic E-state index is 12.7. The molecule has 146 valence electrons. The lowest BCUT2D eigenvalue weighted by molar-refractivity contribution is -0.154. The van der Waals surface area contributed by atoms with Crippen LogP contribution in [-0.2, 0) is 24.3 Å². The van der Waals surface area contributed by atoms with Crippen molar-refractivity contribution >= 4 is 32.7 Å². The predicted octanol–water partition coefficient (Wildman–Crippen LogP) is 1.92. The first-order chi connectivity index (χ1) is 12.8. The van der Waals surface area contributed by atoms with Crippen LogP contribution in [0.25, 0.3) is 10.8 Å². The average Bonchev–Trinajstić information content (AvgIpc) is 2.65. The normalized spacial score (nSPS) is 12.7. The highest BCUT2D eigenvalue weighted by molar-refractivity contribution is 7.89. The first kappa shape index (κ1) is 20.9. The van der Waals surface area contributed by atoms with E-state index in [1.165, 1.54) is 20.0 Å². The monoisotopic (exact) mass is 392 g/mol. The van der Waals surface area contributed by atoms with Crippen molar-refractivity contribution < 1.29 is 22.7 Å². The third-order valence-electron chi connectivity index (χ3n) is 4.01. The van der Waals surface area contributed by atoms with Crippen molar-refractivity contribution in [3.63, 3.8) is 0 Å². The smallest absolute Gasteiger partial charge is 0.322 e. The van der Waals surface area contributed by atoms with Gasteiger partial charge in [-0.2, -0.15) is 4.31 Å². The molecule has 0 spiro atoms. The van der Waals surface area contributed by atoms with Crippen LogP contribution < -0.4 is 5.32 Å². The maximum Gasteiger partial charge on any atom is 0.322 e. The fraction of sp³-hybridized carbons (Fsp3) is 0.368. The molecule has 1 N–H and O–H groups in total. The van der Waals surface area contributed by atoms with Crippen LogP contribution in [0.5, 0.6) is 0 Å². The van der Waals surface area contributed by atoms with Crippen LogP contribution in [0.1, 0.15) is 20.3 Å². The van der Waals surface area contributed by atoms with Crippen LogP contribution in [0.4, 0.5) is 0 Å². The Hall–Kier alpha value is -2.45. The number of nitrogens with zero attached hydrogens (tertiary/aromatic N) is 1. The van der Waals surface area contributed by atoms with Crippen molar-refractivity contribution in [3.05, 3.63) is 42.5 Å². The number of amides is 1. The molecule has 0 saturated carbocycles. The zero-order valence-electron chi connectivity index (χ0n) is 15.6. The minimum absolute atomic E-state index is 0.0882. The largest absolute Gasteiger partial charge is 0.452 e. The van der Waals surface area contributed by atoms with Gasteiger partial charge in [-0.25, -0.2) is 8.42 Å². The Labute approximate surface area is 159 Å². The summed E-state index contributed by atoms with van der Waals surface area (Å²) in [5.74, 6) is -1.20. The van der Waals surface area contributed by atoms with E-state index >= 15 is 0 Å². The van der Waals surface area contributed by atoms with Crippen LogP contribution in [0.3, 0.4) is 0 Å². The molecule has 0 saturated heterocycles. The minimum Gasteiger partial charge on any atom is -0.452 e. The van der Waals surface area contributed by atoms with Crippen LogP contribution >= 0.6 is 0 Å². The number of fused-ring (bicyclic) bond motifs is 1. The zero-order chi connectivity index (χ0) is 20.0. The molecular formula is C19H24N2O5S. The van der Waals surface area contributed by atoms with E-state index in [9.17, 15) is 18.0 Å². The van der Waals surface area contributed by atoms with Crippen LogP contribution in [-0.4, -0.2) is 50.8 Å². The number of sulfonamides is 1. The second-order valence-corrected chi connectivity index (χ2v) is 8.24. The summed E-state index contributed by atoms with van der Waals surface area (Å²) in [6, 6.07) is 12.2. The van der Waals surface area contributed by atoms with Gasteiger partial charge in [-0.1, -0.05) is 37.3 Å². The molecule has 0 aliphatic heterocycles. The SMILES string of the molecule is CCCNC(=O)[C@@H](C)OC(=O)CN(C)S(=O)(=O)c1ccc2ccccc2c1. The van der Waals surface area contributed by atoms with Gasteiger partial charge in [0, 0.05) is 13.6 Å². The van der Waals surface area contributed by atoms with Gasteiger partial charge in [0.05, 0.1) is 4.90 Å². The molecule has 0 aliphatic rings. The lowest BCUT2D eigenvalue weighted by Gasteiger charge is -2.18. The van der Waals surface area contributed by atoms with E-state index < -0.39 is 34.5 Å². The summed E-state index contributed by atoms with van der Waals surface area (Å²) in [6.45, 7) is 3.35. The molecular weight excluding hydrogens is 368 g/mol. The van der Waals surface area contributed by atoms with Gasteiger partial charge in [-0.05, 0) is 36.2 Å². The number of carbonyl (C=O) groups excluding carboxylic acids is 2. The molecule has 2 aromatic carbocycles. The Morgan fingerprint density at radius 2 is 1.81 bits per heavy atom. The number of likely N-dealkylation sites (N-methyl/N-ethyl adjacent to an activating group) is 1. The minimum atomic E-state index is -3.86. The molecule has 2 rings (SSSR count). The molecule has 0 heterocycles. The topological polar surface area (TPSA) is 92.8 Å². The molecule has 1 amide bonds. The molecule has 0 radical (unpaired) electrons. The Balaban J connectivity index is 2.05. The summed E-state index contributed by atoms with van der Waals surface area (Å²) in [4.78, 5) is 23.9. The molecule has 1 atom stereocenters. The molecule has 0 aromatic heterocycles. The Kier molecular flexibility index (Phi) is 6.92. The number of ether oxygens (including phenoxy) is 1. The number of hydrogen-bond acceptors (Lipinski definition) is 5. The lowest BCUT2D eigenvalue weighted by Crippen LogP contribution is -2.39. The van der Waals surface area contributed by atoms with Gasteiger partial charge < -0.3 is 10.1 Å². The lowest BCUT2D eigenvalue weighted by atomic mass is 10.1. The first-order valence-electron chi connectivity index (χ1n) is 8.68. The molecule has 0 unspecified atom stereocenters. The second-order valence-electron chi connectivity index (χ2n) is 6.19. The third kappa shape index (κ3) is 5.27. The zero-order valence-corrected chi connectivity index (χ0v) is 16.5. The number of rotatable bonds is 8. The van der Waals surface area contributed by atoms with Crippen molar-refractivity contribution in [3.8, 4) is 0 Å². The van der Waals surface area contributed by atoms with E-state index in [0.29, 0.717) is 6.54 Å². The van der Waals surface area contributed by atoms with Crippen molar-refractivity contribution in [1.29, 1.82) is 0 Å². The van der Waals surface area contributed by atoms with E-state index in [1.54, 1.807) is 12.1 Å². The molecule has 2 aromatic rings. The van der Waals surface area contributed by atoms with Crippen molar-refractivity contribution in [2.45, 2.75) is 31.3 Å². The highest BCUT2D eigenvalue weighted by atomic mass is 32.2. The summed E-state index contributed by atoms with van der Waals surface area (Å²) < 4.78 is 31.4. The summed E-state index contributed by atoms with van der Waals surface area (Å²) >= 11 is 0. The fourth-order valence-electron chi connectivity index (χ4n) is 2.45. The Morgan fingerprint density at radius 3 is 2.48 bits per heavy atom. The van der Waals surface area contributed by atoms with Crippen LogP contribution in [0.15, 0.2) is 47.4 Å². The number of benzene rings is 2. The van der Waals surface area contributed by atoms with Gasteiger partial charge in [0.1, 0.15) is 6.54 Å². The maximum absolute atomic E-state index is 12.7. The molecule has 0 fully saturated rings. The average molecular weight is 392 g/mol. The van der Waals surface area contributed by atoms with Gasteiger partial charge in [0.2, 0.25) is 10.0 Å². The molecule has 0 aliphatic carbocycles. The number of carbonyl (C=O) groups is 2. The number of hydrogen-bond donors (Lipinski definition) is 1. The number of esters is 1. The van der Waals surface area contributed by atoms with Crippen LogP contribution in [0, 0.1) is 0 Å². The molecule has 0 bridgehead atoms. The van der Waals surface area contributed by atoms with E-state index in [1.807, 2.05) is 31.2 Å². The molecule has 8 heteroatoms. The van der Waals surface area contributed by atoms with Crippen molar-refractivity contribution in [1.82, 2.24) is 9.62 Å².